The van der Waals surface area contributed by atoms with E-state index in [4.69, 9.17) is 23.7 Å². The molecule has 8 rings (SSSR count). The Morgan fingerprint density at radius 1 is 0.706 bits per heavy atom. The minimum absolute atomic E-state index is 0.0576. The summed E-state index contributed by atoms with van der Waals surface area (Å²) in [7, 11) is 0. The summed E-state index contributed by atoms with van der Waals surface area (Å²) >= 11 is 0. The number of rotatable bonds is 5. The summed E-state index contributed by atoms with van der Waals surface area (Å²) in [4.78, 5) is 0. The molecular weight excluding hydrogens is 672 g/mol. The lowest BCUT2D eigenvalue weighted by Crippen LogP contribution is -2.64. The SMILES string of the molecule is OC[C@H]1O[C@@H](O[C@@H]2[C@@H]3c4c(O)cc(O)cc4O[C@@]2(c2ccc(O)c(O)c2)Oc2ccc4c(c23)O[C@H](c2ccc(O)c(O)c2)CC4)[C@H](O)[C@@H](O)[C@H]1O. The largest absolute Gasteiger partial charge is 0.508 e. The van der Waals surface area contributed by atoms with E-state index in [2.05, 4.69) is 0 Å². The second-order valence-corrected chi connectivity index (χ2v) is 13.0. The van der Waals surface area contributed by atoms with Crippen molar-refractivity contribution in [2.75, 3.05) is 6.61 Å². The Kier molecular flexibility index (Phi) is 7.75. The quantitative estimate of drug-likeness (QED) is 0.133. The third-order valence-electron chi connectivity index (χ3n) is 9.98. The fraction of sp³-hybridized carbons (Fsp3) is 0.333. The number of phenolic OH excluding ortho intramolecular Hbond substituents is 6. The van der Waals surface area contributed by atoms with Crippen LogP contribution in [0, 0.1) is 0 Å². The first kappa shape index (κ1) is 33.0. The molecule has 1 saturated heterocycles. The first-order chi connectivity index (χ1) is 24.4. The van der Waals surface area contributed by atoms with Gasteiger partial charge >= 0.3 is 5.79 Å². The van der Waals surface area contributed by atoms with Crippen LogP contribution in [0.5, 0.6) is 51.7 Å². The molecule has 1 fully saturated rings. The van der Waals surface area contributed by atoms with Crippen LogP contribution in [0.1, 0.15) is 46.3 Å². The van der Waals surface area contributed by atoms with Crippen LogP contribution in [0.3, 0.4) is 0 Å². The molecule has 0 radical (unpaired) electrons. The van der Waals surface area contributed by atoms with Gasteiger partial charge in [0.25, 0.3) is 0 Å². The van der Waals surface area contributed by atoms with Crippen LogP contribution in [-0.4, -0.2) is 94.5 Å². The molecular formula is C36H34O15. The molecule has 10 N–H and O–H groups in total. The number of benzene rings is 4. The topological polar surface area (TPSA) is 248 Å². The van der Waals surface area contributed by atoms with Gasteiger partial charge in [-0.2, -0.15) is 0 Å². The number of phenols is 6. The van der Waals surface area contributed by atoms with E-state index in [9.17, 15) is 51.1 Å². The maximum Gasteiger partial charge on any atom is 0.305 e. The highest BCUT2D eigenvalue weighted by Crippen LogP contribution is 2.62. The predicted octanol–water partition coefficient (Wildman–Crippen LogP) is 1.94. The summed E-state index contributed by atoms with van der Waals surface area (Å²) in [5, 5.41) is 105. The third kappa shape index (κ3) is 5.12. The minimum atomic E-state index is -2.13. The molecule has 4 aliphatic rings. The number of ether oxygens (including phenoxy) is 5. The number of hydrogen-bond donors (Lipinski definition) is 10. The fourth-order valence-electron chi connectivity index (χ4n) is 7.45. The van der Waals surface area contributed by atoms with Gasteiger partial charge in [0.1, 0.15) is 59.3 Å². The lowest BCUT2D eigenvalue weighted by Gasteiger charge is -2.53. The van der Waals surface area contributed by atoms with E-state index >= 15 is 0 Å². The van der Waals surface area contributed by atoms with Crippen LogP contribution >= 0.6 is 0 Å². The lowest BCUT2D eigenvalue weighted by atomic mass is 9.74. The van der Waals surface area contributed by atoms with Crippen molar-refractivity contribution in [1.82, 2.24) is 0 Å². The van der Waals surface area contributed by atoms with E-state index in [-0.39, 0.29) is 39.9 Å². The van der Waals surface area contributed by atoms with Gasteiger partial charge in [-0.3, -0.25) is 0 Å². The Morgan fingerprint density at radius 2 is 1.43 bits per heavy atom. The van der Waals surface area contributed by atoms with Crippen molar-refractivity contribution >= 4 is 0 Å². The normalized spacial score (nSPS) is 30.5. The molecule has 15 heteroatoms. The van der Waals surface area contributed by atoms with Gasteiger partial charge < -0.3 is 74.7 Å². The van der Waals surface area contributed by atoms with Crippen molar-refractivity contribution in [3.05, 3.63) is 88.5 Å². The summed E-state index contributed by atoms with van der Waals surface area (Å²) in [5.41, 5.74) is 1.83. The van der Waals surface area contributed by atoms with Crippen molar-refractivity contribution in [2.45, 2.75) is 67.5 Å². The Balaban J connectivity index is 1.35. The Hall–Kier alpha value is -5.16. The predicted molar refractivity (Wildman–Crippen MR) is 171 cm³/mol. The van der Waals surface area contributed by atoms with Crippen molar-refractivity contribution in [1.29, 1.82) is 0 Å². The number of aliphatic hydroxyl groups excluding tert-OH is 4. The highest BCUT2D eigenvalue weighted by molar-refractivity contribution is 5.66. The lowest BCUT2D eigenvalue weighted by molar-refractivity contribution is -0.345. The van der Waals surface area contributed by atoms with Crippen LogP contribution in [0.15, 0.2) is 60.7 Å². The summed E-state index contributed by atoms with van der Waals surface area (Å²) in [5.74, 6) is -5.24. The van der Waals surface area contributed by atoms with E-state index in [1.54, 1.807) is 18.2 Å². The van der Waals surface area contributed by atoms with Gasteiger partial charge in [-0.1, -0.05) is 12.1 Å². The third-order valence-corrected chi connectivity index (χ3v) is 9.98. The molecule has 15 nitrogen and oxygen atoms in total. The number of aliphatic hydroxyl groups is 4. The molecule has 0 aliphatic carbocycles. The van der Waals surface area contributed by atoms with E-state index in [0.29, 0.717) is 29.7 Å². The molecule has 0 amide bonds. The molecule has 4 aromatic carbocycles. The number of fused-ring (bicyclic) bond motifs is 8. The van der Waals surface area contributed by atoms with E-state index in [1.165, 1.54) is 30.3 Å². The van der Waals surface area contributed by atoms with Crippen molar-refractivity contribution in [2.24, 2.45) is 0 Å². The molecule has 0 saturated carbocycles. The van der Waals surface area contributed by atoms with Gasteiger partial charge in [-0.05, 0) is 60.4 Å². The molecule has 51 heavy (non-hydrogen) atoms. The van der Waals surface area contributed by atoms with Gasteiger partial charge in [0.15, 0.2) is 35.4 Å². The zero-order valence-corrected chi connectivity index (χ0v) is 26.5. The number of aromatic hydroxyl groups is 6. The van der Waals surface area contributed by atoms with Gasteiger partial charge in [0, 0.05) is 28.8 Å². The Bertz CT molecular complexity index is 2020. The smallest absolute Gasteiger partial charge is 0.305 e. The second kappa shape index (κ2) is 12.0. The average Bonchev–Trinajstić information content (AvgIpc) is 3.10. The fourth-order valence-corrected chi connectivity index (χ4v) is 7.45. The summed E-state index contributed by atoms with van der Waals surface area (Å²) in [6.45, 7) is -0.746. The first-order valence-electron chi connectivity index (χ1n) is 16.2. The molecule has 4 heterocycles. The molecule has 2 bridgehead atoms. The summed E-state index contributed by atoms with van der Waals surface area (Å²) in [6.07, 6.45) is -9.60. The highest BCUT2D eigenvalue weighted by atomic mass is 16.8. The minimum Gasteiger partial charge on any atom is -0.508 e. The van der Waals surface area contributed by atoms with Crippen molar-refractivity contribution in [3.8, 4) is 51.7 Å². The molecule has 0 unspecified atom stereocenters. The first-order valence-corrected chi connectivity index (χ1v) is 16.2. The van der Waals surface area contributed by atoms with Gasteiger partial charge in [0.05, 0.1) is 12.5 Å². The van der Waals surface area contributed by atoms with E-state index in [1.807, 2.05) is 0 Å². The van der Waals surface area contributed by atoms with Crippen LogP contribution in [0.25, 0.3) is 0 Å². The standard InChI is InChI=1S/C36H34O15/c37-13-26-30(44)31(45)32(46)35(48-26)49-34-29-27-22(43)11-17(38)12-25(27)51-36(34,16-4-6-19(40)21(42)10-16)50-24-8-3-14-2-7-23(47-33(14)28(24)29)15-1-5-18(39)20(41)9-15/h1,3-6,8-12,23,26,29-32,34-35,37-46H,2,7,13H2/t23-,26+,29+,30-,31-,32+,34+,35-,36+/m0/s1. The van der Waals surface area contributed by atoms with Crippen molar-refractivity contribution in [3.63, 3.8) is 0 Å². The van der Waals surface area contributed by atoms with E-state index in [0.717, 1.165) is 17.7 Å². The van der Waals surface area contributed by atoms with Crippen LogP contribution in [-0.2, 0) is 21.7 Å². The average molecular weight is 707 g/mol. The van der Waals surface area contributed by atoms with Gasteiger partial charge in [-0.25, -0.2) is 0 Å². The number of aryl methyl sites for hydroxylation is 1. The van der Waals surface area contributed by atoms with Gasteiger partial charge in [0.2, 0.25) is 0 Å². The number of hydrogen-bond acceptors (Lipinski definition) is 15. The Morgan fingerprint density at radius 3 is 2.16 bits per heavy atom. The monoisotopic (exact) mass is 706 g/mol. The zero-order valence-electron chi connectivity index (χ0n) is 26.5. The molecule has 4 aliphatic heterocycles. The van der Waals surface area contributed by atoms with Crippen LogP contribution < -0.4 is 14.2 Å². The molecule has 0 aromatic heterocycles. The maximum absolute atomic E-state index is 11.4. The Labute approximate surface area is 288 Å². The maximum atomic E-state index is 11.4. The van der Waals surface area contributed by atoms with Crippen molar-refractivity contribution < 1.29 is 74.7 Å². The molecule has 4 aromatic rings. The second-order valence-electron chi connectivity index (χ2n) is 13.0. The summed E-state index contributed by atoms with van der Waals surface area (Å²) < 4.78 is 32.0. The van der Waals surface area contributed by atoms with E-state index < -0.39 is 78.5 Å². The molecule has 0 spiro atoms. The molecule has 9 atom stereocenters. The van der Waals surface area contributed by atoms with Crippen LogP contribution in [0.4, 0.5) is 0 Å². The van der Waals surface area contributed by atoms with Crippen LogP contribution in [0.2, 0.25) is 0 Å². The highest BCUT2D eigenvalue weighted by Gasteiger charge is 2.62. The zero-order chi connectivity index (χ0) is 35.9. The molecule has 268 valence electrons. The van der Waals surface area contributed by atoms with Gasteiger partial charge in [-0.15, -0.1) is 0 Å². The summed E-state index contributed by atoms with van der Waals surface area (Å²) in [6, 6.07) is 13.9.